The molecule has 0 fully saturated rings. The number of benzene rings is 1. The zero-order valence-electron chi connectivity index (χ0n) is 12.0. The second-order valence-electron chi connectivity index (χ2n) is 4.89. The smallest absolute Gasteiger partial charge is 0.239 e. The van der Waals surface area contributed by atoms with Crippen molar-refractivity contribution in [3.05, 3.63) is 24.3 Å². The van der Waals surface area contributed by atoms with Gasteiger partial charge in [-0.15, -0.1) is 0 Å². The number of nitrogens with zero attached hydrogens (tertiary/aromatic N) is 1. The first kappa shape index (κ1) is 14.7. The van der Waals surface area contributed by atoms with Crippen LogP contribution in [-0.4, -0.2) is 42.6 Å². The lowest BCUT2D eigenvalue weighted by Crippen LogP contribution is -2.49. The fourth-order valence-corrected chi connectivity index (χ4v) is 2.18. The van der Waals surface area contributed by atoms with E-state index in [0.717, 1.165) is 11.5 Å². The summed E-state index contributed by atoms with van der Waals surface area (Å²) in [5.74, 6) is 1.45. The van der Waals surface area contributed by atoms with Crippen molar-refractivity contribution in [1.29, 1.82) is 0 Å². The predicted octanol–water partition coefficient (Wildman–Crippen LogP) is 1.41. The summed E-state index contributed by atoms with van der Waals surface area (Å²) in [5.41, 5.74) is 5.81. The molecule has 2 rings (SSSR count). The molecule has 110 valence electrons. The second kappa shape index (κ2) is 6.61. The van der Waals surface area contributed by atoms with E-state index in [9.17, 15) is 4.79 Å². The van der Waals surface area contributed by atoms with Crippen molar-refractivity contribution in [2.24, 2.45) is 5.73 Å². The second-order valence-corrected chi connectivity index (χ2v) is 4.89. The van der Waals surface area contributed by atoms with E-state index in [1.165, 1.54) is 0 Å². The van der Waals surface area contributed by atoms with Crippen LogP contribution in [0, 0.1) is 0 Å². The molecule has 0 aliphatic carbocycles. The summed E-state index contributed by atoms with van der Waals surface area (Å²) < 4.78 is 11.5. The highest BCUT2D eigenvalue weighted by Crippen LogP contribution is 2.31. The molecule has 2 N–H and O–H groups in total. The standard InChI is InChI=1S/C15H22N2O3/c1-3-12(16)15(18)17(4-2)9-11-10-19-13-7-5-6-8-14(13)20-11/h5-8,11-12H,3-4,9-10,16H2,1-2H3. The summed E-state index contributed by atoms with van der Waals surface area (Å²) in [7, 11) is 0. The average molecular weight is 278 g/mol. The summed E-state index contributed by atoms with van der Waals surface area (Å²) in [5, 5.41) is 0. The molecule has 1 aliphatic rings. The van der Waals surface area contributed by atoms with Gasteiger partial charge >= 0.3 is 0 Å². The number of likely N-dealkylation sites (N-methyl/N-ethyl adjacent to an activating group) is 1. The van der Waals surface area contributed by atoms with E-state index in [-0.39, 0.29) is 12.0 Å². The van der Waals surface area contributed by atoms with Crippen molar-refractivity contribution >= 4 is 5.91 Å². The van der Waals surface area contributed by atoms with Gasteiger partial charge in [0.25, 0.3) is 0 Å². The number of fused-ring (bicyclic) bond motifs is 1. The lowest BCUT2D eigenvalue weighted by molar-refractivity contribution is -0.134. The third-order valence-electron chi connectivity index (χ3n) is 3.44. The predicted molar refractivity (Wildman–Crippen MR) is 76.9 cm³/mol. The number of hydrogen-bond donors (Lipinski definition) is 1. The molecular formula is C15H22N2O3. The Kier molecular flexibility index (Phi) is 4.84. The Labute approximate surface area is 119 Å². The van der Waals surface area contributed by atoms with Gasteiger partial charge < -0.3 is 20.1 Å². The summed E-state index contributed by atoms with van der Waals surface area (Å²) >= 11 is 0. The first-order valence-corrected chi connectivity index (χ1v) is 7.08. The van der Waals surface area contributed by atoms with E-state index in [1.807, 2.05) is 38.1 Å². The quantitative estimate of drug-likeness (QED) is 0.884. The van der Waals surface area contributed by atoms with Gasteiger partial charge in [0.1, 0.15) is 6.61 Å². The fourth-order valence-electron chi connectivity index (χ4n) is 2.18. The summed E-state index contributed by atoms with van der Waals surface area (Å²) in [6, 6.07) is 7.12. The third kappa shape index (κ3) is 3.22. The van der Waals surface area contributed by atoms with Gasteiger partial charge in [0, 0.05) is 6.54 Å². The van der Waals surface area contributed by atoms with Crippen molar-refractivity contribution < 1.29 is 14.3 Å². The Morgan fingerprint density at radius 1 is 1.40 bits per heavy atom. The Hall–Kier alpha value is -1.75. The van der Waals surface area contributed by atoms with Gasteiger partial charge in [-0.05, 0) is 25.5 Å². The van der Waals surface area contributed by atoms with Crippen LogP contribution >= 0.6 is 0 Å². The zero-order chi connectivity index (χ0) is 14.5. The molecule has 0 saturated heterocycles. The van der Waals surface area contributed by atoms with Crippen LogP contribution in [0.1, 0.15) is 20.3 Å². The third-order valence-corrected chi connectivity index (χ3v) is 3.44. The molecule has 2 unspecified atom stereocenters. The molecule has 1 heterocycles. The lowest BCUT2D eigenvalue weighted by Gasteiger charge is -2.31. The molecule has 1 aromatic carbocycles. The number of carbonyl (C=O) groups is 1. The minimum absolute atomic E-state index is 0.0301. The van der Waals surface area contributed by atoms with Gasteiger partial charge in [0.2, 0.25) is 5.91 Å². The maximum absolute atomic E-state index is 12.1. The number of para-hydroxylation sites is 2. The lowest BCUT2D eigenvalue weighted by atomic mass is 10.2. The number of rotatable bonds is 5. The van der Waals surface area contributed by atoms with Crippen LogP contribution in [0.25, 0.3) is 0 Å². The van der Waals surface area contributed by atoms with Crippen LogP contribution in [-0.2, 0) is 4.79 Å². The van der Waals surface area contributed by atoms with E-state index < -0.39 is 6.04 Å². The number of ether oxygens (including phenoxy) is 2. The monoisotopic (exact) mass is 278 g/mol. The summed E-state index contributed by atoms with van der Waals surface area (Å²) in [6.07, 6.45) is 0.484. The molecule has 1 aromatic rings. The average Bonchev–Trinajstić information content (AvgIpc) is 2.50. The molecule has 0 saturated carbocycles. The van der Waals surface area contributed by atoms with Crippen LogP contribution < -0.4 is 15.2 Å². The minimum atomic E-state index is -0.438. The SMILES string of the molecule is CCC(N)C(=O)N(CC)CC1COc2ccccc2O1. The Bertz CT molecular complexity index is 464. The molecule has 0 radical (unpaired) electrons. The van der Waals surface area contributed by atoms with E-state index in [1.54, 1.807) is 4.90 Å². The van der Waals surface area contributed by atoms with Crippen molar-refractivity contribution in [3.63, 3.8) is 0 Å². The molecule has 20 heavy (non-hydrogen) atoms. The Balaban J connectivity index is 1.98. The molecule has 5 nitrogen and oxygen atoms in total. The van der Waals surface area contributed by atoms with Crippen molar-refractivity contribution in [1.82, 2.24) is 4.90 Å². The molecule has 0 aromatic heterocycles. The fraction of sp³-hybridized carbons (Fsp3) is 0.533. The largest absolute Gasteiger partial charge is 0.486 e. The highest BCUT2D eigenvalue weighted by molar-refractivity contribution is 5.81. The first-order valence-electron chi connectivity index (χ1n) is 7.08. The minimum Gasteiger partial charge on any atom is -0.486 e. The highest BCUT2D eigenvalue weighted by Gasteiger charge is 2.26. The Morgan fingerprint density at radius 2 is 2.10 bits per heavy atom. The van der Waals surface area contributed by atoms with Gasteiger partial charge in [0.15, 0.2) is 17.6 Å². The van der Waals surface area contributed by atoms with Gasteiger partial charge in [-0.3, -0.25) is 4.79 Å². The first-order chi connectivity index (χ1) is 9.65. The number of carbonyl (C=O) groups excluding carboxylic acids is 1. The van der Waals surface area contributed by atoms with Crippen molar-refractivity contribution in [2.45, 2.75) is 32.4 Å². The van der Waals surface area contributed by atoms with Crippen molar-refractivity contribution in [2.75, 3.05) is 19.7 Å². The summed E-state index contributed by atoms with van der Waals surface area (Å²) in [4.78, 5) is 13.9. The maximum atomic E-state index is 12.1. The van der Waals surface area contributed by atoms with E-state index in [0.29, 0.717) is 26.1 Å². The van der Waals surface area contributed by atoms with Crippen LogP contribution in [0.3, 0.4) is 0 Å². The van der Waals surface area contributed by atoms with E-state index in [4.69, 9.17) is 15.2 Å². The van der Waals surface area contributed by atoms with Gasteiger partial charge in [0.05, 0.1) is 12.6 Å². The number of nitrogens with two attached hydrogens (primary N) is 1. The van der Waals surface area contributed by atoms with Gasteiger partial charge in [-0.1, -0.05) is 19.1 Å². The van der Waals surface area contributed by atoms with Gasteiger partial charge in [-0.25, -0.2) is 0 Å². The molecule has 1 aliphatic heterocycles. The molecule has 2 atom stereocenters. The molecule has 5 heteroatoms. The maximum Gasteiger partial charge on any atom is 0.239 e. The summed E-state index contributed by atoms with van der Waals surface area (Å²) in [6.45, 7) is 5.42. The Morgan fingerprint density at radius 3 is 2.75 bits per heavy atom. The highest BCUT2D eigenvalue weighted by atomic mass is 16.6. The van der Waals surface area contributed by atoms with E-state index in [2.05, 4.69) is 0 Å². The normalized spacial score (nSPS) is 18.4. The van der Waals surface area contributed by atoms with Gasteiger partial charge in [-0.2, -0.15) is 0 Å². The van der Waals surface area contributed by atoms with Crippen LogP contribution in [0.5, 0.6) is 11.5 Å². The van der Waals surface area contributed by atoms with Crippen LogP contribution in [0.4, 0.5) is 0 Å². The molecule has 0 bridgehead atoms. The van der Waals surface area contributed by atoms with Crippen LogP contribution in [0.2, 0.25) is 0 Å². The van der Waals surface area contributed by atoms with Crippen molar-refractivity contribution in [3.8, 4) is 11.5 Å². The molecule has 1 amide bonds. The zero-order valence-corrected chi connectivity index (χ0v) is 12.0. The molecule has 0 spiro atoms. The topological polar surface area (TPSA) is 64.8 Å². The van der Waals surface area contributed by atoms with Crippen LogP contribution in [0.15, 0.2) is 24.3 Å². The number of hydrogen-bond acceptors (Lipinski definition) is 4. The van der Waals surface area contributed by atoms with E-state index >= 15 is 0 Å². The molecular weight excluding hydrogens is 256 g/mol. The number of amides is 1.